The van der Waals surface area contributed by atoms with Crippen molar-refractivity contribution in [3.05, 3.63) is 156 Å². The molecule has 0 bridgehead atoms. The largest absolute Gasteiger partial charge is 0.360 e. The highest BCUT2D eigenvalue weighted by molar-refractivity contribution is 5.95. The van der Waals surface area contributed by atoms with Gasteiger partial charge in [-0.2, -0.15) is 0 Å². The molecular formula is C36H40N2. The van der Waals surface area contributed by atoms with Crippen LogP contribution in [0.5, 0.6) is 0 Å². The minimum Gasteiger partial charge on any atom is -0.360 e. The second-order valence-corrected chi connectivity index (χ2v) is 9.36. The van der Waals surface area contributed by atoms with Gasteiger partial charge in [0.05, 0.1) is 0 Å². The summed E-state index contributed by atoms with van der Waals surface area (Å²) in [7, 11) is 0. The van der Waals surface area contributed by atoms with Gasteiger partial charge < -0.3 is 10.2 Å². The molecule has 194 valence electrons. The van der Waals surface area contributed by atoms with E-state index in [1.54, 1.807) is 0 Å². The highest BCUT2D eigenvalue weighted by atomic mass is 15.1. The lowest BCUT2D eigenvalue weighted by molar-refractivity contribution is 0.911. The number of hydrogen-bond acceptors (Lipinski definition) is 2. The molecule has 3 aromatic carbocycles. The van der Waals surface area contributed by atoms with Crippen molar-refractivity contribution in [2.75, 3.05) is 11.4 Å². The first-order valence-corrected chi connectivity index (χ1v) is 13.2. The third kappa shape index (κ3) is 8.11. The minimum absolute atomic E-state index is 0.833. The molecule has 0 fully saturated rings. The first-order chi connectivity index (χ1) is 18.4. The van der Waals surface area contributed by atoms with Gasteiger partial charge in [0.2, 0.25) is 0 Å². The second-order valence-electron chi connectivity index (χ2n) is 9.36. The lowest BCUT2D eigenvalue weighted by atomic mass is 10.1. The average Bonchev–Trinajstić information content (AvgIpc) is 2.93. The van der Waals surface area contributed by atoms with Crippen molar-refractivity contribution in [2.24, 2.45) is 0 Å². The molecule has 0 spiro atoms. The van der Waals surface area contributed by atoms with Gasteiger partial charge in [-0.25, -0.2) is 0 Å². The molecule has 0 unspecified atom stereocenters. The standard InChI is InChI=1S/C36H40N2/c1-7-28(3)23-24-30(5)37-31(6)25-26-34(8-2)38(27-14-13-18-32-17-10-9-16-29(32)4)36-22-15-20-33-19-11-12-21-35(33)36/h7-13,15-26,37H,1,6,14,27H2,2-5H3/b18-13-,26-25-,28-23-,30-24+,34-8+. The van der Waals surface area contributed by atoms with Crippen LogP contribution in [0.15, 0.2) is 145 Å². The van der Waals surface area contributed by atoms with Gasteiger partial charge >= 0.3 is 0 Å². The molecular weight excluding hydrogens is 460 g/mol. The van der Waals surface area contributed by atoms with Crippen molar-refractivity contribution < 1.29 is 0 Å². The Morgan fingerprint density at radius 3 is 2.42 bits per heavy atom. The zero-order valence-corrected chi connectivity index (χ0v) is 23.2. The van der Waals surface area contributed by atoms with E-state index in [-0.39, 0.29) is 0 Å². The van der Waals surface area contributed by atoms with Gasteiger partial charge in [0.1, 0.15) is 0 Å². The molecule has 0 aliphatic heterocycles. The van der Waals surface area contributed by atoms with Crippen molar-refractivity contribution in [1.82, 2.24) is 5.32 Å². The number of rotatable bonds is 12. The number of anilines is 1. The van der Waals surface area contributed by atoms with Crippen LogP contribution in [-0.4, -0.2) is 6.54 Å². The quantitative estimate of drug-likeness (QED) is 0.249. The van der Waals surface area contributed by atoms with Gasteiger partial charge in [-0.05, 0) is 74.9 Å². The summed E-state index contributed by atoms with van der Waals surface area (Å²) in [6.45, 7) is 17.2. The number of benzene rings is 3. The fraction of sp³-hybridized carbons (Fsp3) is 0.167. The molecule has 0 amide bonds. The van der Waals surface area contributed by atoms with E-state index in [2.05, 4.69) is 128 Å². The summed E-state index contributed by atoms with van der Waals surface area (Å²) in [5.41, 5.74) is 7.85. The molecule has 3 rings (SSSR count). The van der Waals surface area contributed by atoms with Crippen LogP contribution in [0.25, 0.3) is 16.8 Å². The number of aryl methyl sites for hydroxylation is 1. The van der Waals surface area contributed by atoms with E-state index < -0.39 is 0 Å². The van der Waals surface area contributed by atoms with Crippen LogP contribution >= 0.6 is 0 Å². The summed E-state index contributed by atoms with van der Waals surface area (Å²) in [4.78, 5) is 2.40. The molecule has 0 atom stereocenters. The van der Waals surface area contributed by atoms with Gasteiger partial charge in [0.15, 0.2) is 0 Å². The summed E-state index contributed by atoms with van der Waals surface area (Å²) in [6.07, 6.45) is 17.7. The highest BCUT2D eigenvalue weighted by Crippen LogP contribution is 2.30. The fourth-order valence-corrected chi connectivity index (χ4v) is 4.21. The van der Waals surface area contributed by atoms with Crippen molar-refractivity contribution >= 4 is 22.5 Å². The Kier molecular flexibility index (Phi) is 10.7. The summed E-state index contributed by atoms with van der Waals surface area (Å²) in [5, 5.41) is 5.84. The number of allylic oxidation sites excluding steroid dienone is 8. The van der Waals surface area contributed by atoms with E-state index in [9.17, 15) is 0 Å². The van der Waals surface area contributed by atoms with Gasteiger partial charge in [0.25, 0.3) is 0 Å². The van der Waals surface area contributed by atoms with Crippen molar-refractivity contribution in [3.8, 4) is 0 Å². The lowest BCUT2D eigenvalue weighted by Crippen LogP contribution is -2.23. The molecule has 0 radical (unpaired) electrons. The third-order valence-corrected chi connectivity index (χ3v) is 6.40. The zero-order valence-electron chi connectivity index (χ0n) is 23.2. The molecule has 0 saturated heterocycles. The Morgan fingerprint density at radius 2 is 1.66 bits per heavy atom. The van der Waals surface area contributed by atoms with Gasteiger partial charge in [-0.15, -0.1) is 0 Å². The fourth-order valence-electron chi connectivity index (χ4n) is 4.21. The van der Waals surface area contributed by atoms with Crippen molar-refractivity contribution in [3.63, 3.8) is 0 Å². The first-order valence-electron chi connectivity index (χ1n) is 13.2. The monoisotopic (exact) mass is 500 g/mol. The van der Waals surface area contributed by atoms with E-state index in [0.29, 0.717) is 0 Å². The van der Waals surface area contributed by atoms with E-state index >= 15 is 0 Å². The van der Waals surface area contributed by atoms with E-state index in [4.69, 9.17) is 0 Å². The molecule has 0 aliphatic rings. The highest BCUT2D eigenvalue weighted by Gasteiger charge is 2.12. The van der Waals surface area contributed by atoms with E-state index in [0.717, 1.165) is 35.6 Å². The molecule has 3 aromatic rings. The average molecular weight is 501 g/mol. The molecule has 0 aromatic heterocycles. The van der Waals surface area contributed by atoms with Crippen molar-refractivity contribution in [2.45, 2.75) is 34.1 Å². The molecule has 1 N–H and O–H groups in total. The number of nitrogens with one attached hydrogen (secondary N) is 1. The maximum atomic E-state index is 4.21. The number of hydrogen-bond donors (Lipinski definition) is 1. The molecule has 0 saturated carbocycles. The van der Waals surface area contributed by atoms with Crippen LogP contribution in [0.4, 0.5) is 5.69 Å². The predicted octanol–water partition coefficient (Wildman–Crippen LogP) is 9.66. The van der Waals surface area contributed by atoms with Crippen molar-refractivity contribution in [1.29, 1.82) is 0 Å². The molecule has 2 heteroatoms. The molecule has 0 heterocycles. The Bertz CT molecular complexity index is 1410. The second kappa shape index (κ2) is 14.4. The Labute approximate surface area is 229 Å². The maximum absolute atomic E-state index is 4.21. The zero-order chi connectivity index (χ0) is 27.3. The lowest BCUT2D eigenvalue weighted by Gasteiger charge is -2.27. The Morgan fingerprint density at radius 1 is 0.921 bits per heavy atom. The van der Waals surface area contributed by atoms with Gasteiger partial charge in [-0.3, -0.25) is 0 Å². The molecule has 38 heavy (non-hydrogen) atoms. The predicted molar refractivity (Wildman–Crippen MR) is 169 cm³/mol. The maximum Gasteiger partial charge on any atom is 0.0490 e. The first kappa shape index (κ1) is 28.3. The molecule has 0 aliphatic carbocycles. The summed E-state index contributed by atoms with van der Waals surface area (Å²) in [6, 6.07) is 23.6. The summed E-state index contributed by atoms with van der Waals surface area (Å²) >= 11 is 0. The van der Waals surface area contributed by atoms with Crippen LogP contribution in [-0.2, 0) is 0 Å². The van der Waals surface area contributed by atoms with E-state index in [1.807, 2.05) is 38.2 Å². The molecule has 2 nitrogen and oxygen atoms in total. The topological polar surface area (TPSA) is 15.3 Å². The number of fused-ring (bicyclic) bond motifs is 1. The smallest absolute Gasteiger partial charge is 0.0490 e. The van der Waals surface area contributed by atoms with Gasteiger partial charge in [0, 0.05) is 34.7 Å². The van der Waals surface area contributed by atoms with Crippen LogP contribution in [0, 0.1) is 6.92 Å². The van der Waals surface area contributed by atoms with Crippen LogP contribution in [0.3, 0.4) is 0 Å². The van der Waals surface area contributed by atoms with Crippen LogP contribution in [0.1, 0.15) is 38.3 Å². The minimum atomic E-state index is 0.833. The Hall–Kier alpha value is -4.30. The summed E-state index contributed by atoms with van der Waals surface area (Å²) in [5.74, 6) is 0. The third-order valence-electron chi connectivity index (χ3n) is 6.40. The Balaban J connectivity index is 1.85. The van der Waals surface area contributed by atoms with Crippen LogP contribution < -0.4 is 10.2 Å². The number of nitrogens with zero attached hydrogens (tertiary/aromatic N) is 1. The van der Waals surface area contributed by atoms with E-state index in [1.165, 1.54) is 27.6 Å². The van der Waals surface area contributed by atoms with Gasteiger partial charge in [-0.1, -0.05) is 110 Å². The normalized spacial score (nSPS) is 12.9. The SMILES string of the molecule is C=C/C(C)=C\C=C(/C)NC(=C)/C=C\C(=C/C)N(CC/C=C\c1ccccc1C)c1cccc2ccccc12. The summed E-state index contributed by atoms with van der Waals surface area (Å²) < 4.78 is 0. The van der Waals surface area contributed by atoms with Crippen LogP contribution in [0.2, 0.25) is 0 Å².